The van der Waals surface area contributed by atoms with Crippen LogP contribution in [0.4, 0.5) is 17.2 Å². The van der Waals surface area contributed by atoms with Crippen LogP contribution in [-0.2, 0) is 14.8 Å². The first-order valence-corrected chi connectivity index (χ1v) is 11.5. The van der Waals surface area contributed by atoms with E-state index in [1.54, 1.807) is 11.0 Å². The van der Waals surface area contributed by atoms with E-state index < -0.39 is 15.9 Å². The largest absolute Gasteiger partial charge is 0.378 e. The third-order valence-corrected chi connectivity index (χ3v) is 6.08. The van der Waals surface area contributed by atoms with Crippen LogP contribution in [0, 0.1) is 0 Å². The van der Waals surface area contributed by atoms with Crippen molar-refractivity contribution in [3.8, 4) is 0 Å². The van der Waals surface area contributed by atoms with Crippen LogP contribution in [0.25, 0.3) is 0 Å². The predicted molar refractivity (Wildman–Crippen MR) is 117 cm³/mol. The van der Waals surface area contributed by atoms with Crippen LogP contribution in [0.1, 0.15) is 27.6 Å². The molecule has 2 amide bonds. The number of amides is 2. The second-order valence-corrected chi connectivity index (χ2v) is 9.09. The summed E-state index contributed by atoms with van der Waals surface area (Å²) in [5.74, 6) is -1.09. The highest BCUT2D eigenvalue weighted by molar-refractivity contribution is 7.92. The van der Waals surface area contributed by atoms with Crippen molar-refractivity contribution in [1.82, 2.24) is 9.88 Å². The Morgan fingerprint density at radius 3 is 2.52 bits per heavy atom. The fourth-order valence-corrected chi connectivity index (χ4v) is 3.73. The number of carbonyl (C=O) groups excluding carboxylic acids is 2. The smallest absolute Gasteiger partial charge is 0.256 e. The molecule has 1 aromatic carbocycles. The lowest BCUT2D eigenvalue weighted by atomic mass is 10.1. The fraction of sp³-hybridized carbons (Fsp3) is 0.316. The summed E-state index contributed by atoms with van der Waals surface area (Å²) >= 11 is 5.92. The summed E-state index contributed by atoms with van der Waals surface area (Å²) in [6.07, 6.45) is 0. The molecule has 0 saturated carbocycles. The number of carbonyl (C=O) groups is 2. The van der Waals surface area contributed by atoms with Crippen LogP contribution in [0.5, 0.6) is 0 Å². The van der Waals surface area contributed by atoms with E-state index in [0.717, 1.165) is 0 Å². The maximum atomic E-state index is 13.0. The van der Waals surface area contributed by atoms with Crippen LogP contribution >= 0.6 is 11.6 Å². The average molecular weight is 468 g/mol. The molecule has 0 aliphatic carbocycles. The average Bonchev–Trinajstić information content (AvgIpc) is 2.74. The lowest BCUT2D eigenvalue weighted by Gasteiger charge is -2.27. The molecule has 166 valence electrons. The SMILES string of the molecule is CCS(=O)(=O)Nc1cc(Nc2nc(Cl)ccc2C(N)=O)ccc1C(=O)N1CCOCC1. The molecule has 1 aliphatic rings. The number of benzene rings is 1. The number of aromatic nitrogens is 1. The van der Waals surface area contributed by atoms with E-state index in [4.69, 9.17) is 22.1 Å². The third-order valence-electron chi connectivity index (χ3n) is 4.58. The highest BCUT2D eigenvalue weighted by Gasteiger charge is 2.23. The molecule has 0 atom stereocenters. The van der Waals surface area contributed by atoms with Crippen molar-refractivity contribution >= 4 is 50.6 Å². The molecule has 2 heterocycles. The van der Waals surface area contributed by atoms with E-state index in [2.05, 4.69) is 15.0 Å². The van der Waals surface area contributed by atoms with Crippen molar-refractivity contribution in [1.29, 1.82) is 0 Å². The Balaban J connectivity index is 1.99. The minimum atomic E-state index is -3.66. The number of anilines is 3. The molecule has 0 spiro atoms. The lowest BCUT2D eigenvalue weighted by Crippen LogP contribution is -2.41. The summed E-state index contributed by atoms with van der Waals surface area (Å²) in [6, 6.07) is 7.38. The minimum absolute atomic E-state index is 0.103. The summed E-state index contributed by atoms with van der Waals surface area (Å²) in [4.78, 5) is 30.3. The van der Waals surface area contributed by atoms with Crippen LogP contribution in [0.2, 0.25) is 5.15 Å². The number of sulfonamides is 1. The molecule has 3 rings (SSSR count). The minimum Gasteiger partial charge on any atom is -0.378 e. The number of ether oxygens (including phenoxy) is 1. The van der Waals surface area contributed by atoms with E-state index >= 15 is 0 Å². The predicted octanol–water partition coefficient (Wildman–Crippen LogP) is 1.81. The monoisotopic (exact) mass is 467 g/mol. The van der Waals surface area contributed by atoms with Gasteiger partial charge in [-0.2, -0.15) is 0 Å². The Bertz CT molecular complexity index is 1100. The van der Waals surface area contributed by atoms with Gasteiger partial charge in [0.15, 0.2) is 0 Å². The van der Waals surface area contributed by atoms with Crippen LogP contribution in [0.3, 0.4) is 0 Å². The normalized spacial score (nSPS) is 14.2. The molecule has 1 aromatic heterocycles. The van der Waals surface area contributed by atoms with Gasteiger partial charge in [-0.3, -0.25) is 14.3 Å². The molecule has 12 heteroatoms. The molecule has 1 aliphatic heterocycles. The number of hydrogen-bond acceptors (Lipinski definition) is 7. The standard InChI is InChI=1S/C19H22ClN5O5S/c1-2-31(28,29)24-15-11-12(22-18-14(17(21)26)5-6-16(20)23-18)3-4-13(15)19(27)25-7-9-30-10-8-25/h3-6,11,24H,2,7-10H2,1H3,(H2,21,26)(H,22,23). The number of pyridine rings is 1. The van der Waals surface area contributed by atoms with Crippen LogP contribution < -0.4 is 15.8 Å². The van der Waals surface area contributed by atoms with Gasteiger partial charge in [0.1, 0.15) is 11.0 Å². The molecule has 4 N–H and O–H groups in total. The van der Waals surface area contributed by atoms with E-state index in [-0.39, 0.29) is 39.4 Å². The molecule has 0 bridgehead atoms. The Morgan fingerprint density at radius 1 is 1.19 bits per heavy atom. The Morgan fingerprint density at radius 2 is 1.87 bits per heavy atom. The zero-order valence-electron chi connectivity index (χ0n) is 16.7. The quantitative estimate of drug-likeness (QED) is 0.526. The molecular weight excluding hydrogens is 446 g/mol. The first-order chi connectivity index (χ1) is 14.7. The third kappa shape index (κ3) is 5.63. The molecule has 2 aromatic rings. The number of primary amides is 1. The van der Waals surface area contributed by atoms with Gasteiger partial charge in [0.25, 0.3) is 11.8 Å². The summed E-state index contributed by atoms with van der Waals surface area (Å²) in [7, 11) is -3.66. The maximum absolute atomic E-state index is 13.0. The Kier molecular flexibility index (Phi) is 6.98. The van der Waals surface area contributed by atoms with Gasteiger partial charge >= 0.3 is 0 Å². The molecule has 1 saturated heterocycles. The number of rotatable bonds is 7. The van der Waals surface area contributed by atoms with Crippen molar-refractivity contribution in [2.45, 2.75) is 6.92 Å². The van der Waals surface area contributed by atoms with Gasteiger partial charge < -0.3 is 20.7 Å². The van der Waals surface area contributed by atoms with Gasteiger partial charge in [-0.15, -0.1) is 0 Å². The van der Waals surface area contributed by atoms with Crippen molar-refractivity contribution in [2.75, 3.05) is 42.1 Å². The first-order valence-electron chi connectivity index (χ1n) is 9.45. The number of morpholine rings is 1. The maximum Gasteiger partial charge on any atom is 0.256 e. The van der Waals surface area contributed by atoms with Crippen molar-refractivity contribution in [2.24, 2.45) is 5.73 Å². The van der Waals surface area contributed by atoms with Crippen LogP contribution in [0.15, 0.2) is 30.3 Å². The number of nitrogens with one attached hydrogen (secondary N) is 2. The van der Waals surface area contributed by atoms with E-state index in [1.165, 1.54) is 31.2 Å². The van der Waals surface area contributed by atoms with Gasteiger partial charge in [-0.25, -0.2) is 13.4 Å². The molecular formula is C19H22ClN5O5S. The Labute approximate surface area is 184 Å². The highest BCUT2D eigenvalue weighted by Crippen LogP contribution is 2.27. The number of hydrogen-bond donors (Lipinski definition) is 3. The zero-order chi connectivity index (χ0) is 22.6. The van der Waals surface area contributed by atoms with Gasteiger partial charge in [0.2, 0.25) is 10.0 Å². The molecule has 10 nitrogen and oxygen atoms in total. The van der Waals surface area contributed by atoms with Gasteiger partial charge in [-0.05, 0) is 37.3 Å². The van der Waals surface area contributed by atoms with Gasteiger partial charge in [0.05, 0.1) is 35.8 Å². The highest BCUT2D eigenvalue weighted by atomic mass is 35.5. The zero-order valence-corrected chi connectivity index (χ0v) is 18.3. The topological polar surface area (TPSA) is 144 Å². The van der Waals surface area contributed by atoms with E-state index in [9.17, 15) is 18.0 Å². The van der Waals surface area contributed by atoms with Crippen molar-refractivity contribution in [3.63, 3.8) is 0 Å². The molecule has 1 fully saturated rings. The summed E-state index contributed by atoms with van der Waals surface area (Å²) in [6.45, 7) is 3.14. The van der Waals surface area contributed by atoms with Crippen molar-refractivity contribution < 1.29 is 22.7 Å². The Hall–Kier alpha value is -2.89. The summed E-state index contributed by atoms with van der Waals surface area (Å²) < 4.78 is 32.1. The van der Waals surface area contributed by atoms with Gasteiger partial charge in [-0.1, -0.05) is 11.6 Å². The fourth-order valence-electron chi connectivity index (χ4n) is 2.94. The van der Waals surface area contributed by atoms with Crippen molar-refractivity contribution in [3.05, 3.63) is 46.6 Å². The number of nitrogens with zero attached hydrogens (tertiary/aromatic N) is 2. The van der Waals surface area contributed by atoms with E-state index in [0.29, 0.717) is 32.0 Å². The summed E-state index contributed by atoms with van der Waals surface area (Å²) in [5, 5.41) is 3.05. The van der Waals surface area contributed by atoms with E-state index in [1.807, 2.05) is 0 Å². The number of nitrogens with two attached hydrogens (primary N) is 1. The first kappa shape index (κ1) is 22.8. The molecule has 0 radical (unpaired) electrons. The van der Waals surface area contributed by atoms with Gasteiger partial charge in [0, 0.05) is 18.8 Å². The second kappa shape index (κ2) is 9.50. The second-order valence-electron chi connectivity index (χ2n) is 6.69. The molecule has 0 unspecified atom stereocenters. The van der Waals surface area contributed by atoms with Crippen LogP contribution in [-0.4, -0.2) is 62.2 Å². The number of halogens is 1. The molecule has 31 heavy (non-hydrogen) atoms. The summed E-state index contributed by atoms with van der Waals surface area (Å²) in [5.41, 5.74) is 6.16. The lowest BCUT2D eigenvalue weighted by molar-refractivity contribution is 0.0303.